The van der Waals surface area contributed by atoms with Gasteiger partial charge in [-0.3, -0.25) is 14.5 Å². The monoisotopic (exact) mass is 535 g/mol. The number of methoxy groups -OCH3 is 4. The highest BCUT2D eigenvalue weighted by molar-refractivity contribution is 5.68. The first kappa shape index (κ1) is 26.9. The Morgan fingerprint density at radius 3 is 2.32 bits per heavy atom. The highest BCUT2D eigenvalue weighted by Crippen LogP contribution is 2.80. The van der Waals surface area contributed by atoms with E-state index in [1.165, 1.54) is 13.8 Å². The molecule has 38 heavy (non-hydrogen) atoms. The molecule has 0 amide bonds. The number of piperidine rings is 1. The molecule has 9 heteroatoms. The Labute approximate surface area is 226 Å². The summed E-state index contributed by atoms with van der Waals surface area (Å²) in [5.74, 6) is -0.502. The van der Waals surface area contributed by atoms with Gasteiger partial charge in [0.05, 0.1) is 24.9 Å². The standard InChI is InChI=1S/C29H45NO8/c1-8-30-13-27(14-33-4)10-9-20(35-6)29-18-11-17-19(34-5)12-28(38-16(3)32,21(18)23(17)37-15(2)31)22(26(29)30)24(36-7)25(27)29/h17-26H,8-14H2,1-7H3. The van der Waals surface area contributed by atoms with Crippen molar-refractivity contribution in [3.8, 4) is 0 Å². The van der Waals surface area contributed by atoms with E-state index in [0.29, 0.717) is 13.0 Å². The van der Waals surface area contributed by atoms with Gasteiger partial charge in [-0.25, -0.2) is 0 Å². The highest BCUT2D eigenvalue weighted by Gasteiger charge is 2.88. The van der Waals surface area contributed by atoms with Gasteiger partial charge in [0, 0.05) is 95.8 Å². The quantitative estimate of drug-likeness (QED) is 0.434. The summed E-state index contributed by atoms with van der Waals surface area (Å²) in [6.45, 7) is 7.67. The molecule has 0 N–H and O–H groups in total. The summed E-state index contributed by atoms with van der Waals surface area (Å²) in [6, 6.07) is 0.116. The number of hydrogen-bond acceptors (Lipinski definition) is 9. The minimum absolute atomic E-state index is 0.0260. The molecule has 5 aliphatic carbocycles. The predicted molar refractivity (Wildman–Crippen MR) is 136 cm³/mol. The van der Waals surface area contributed by atoms with Gasteiger partial charge >= 0.3 is 11.9 Å². The lowest BCUT2D eigenvalue weighted by atomic mass is 9.43. The van der Waals surface area contributed by atoms with Gasteiger partial charge in [0.15, 0.2) is 0 Å². The van der Waals surface area contributed by atoms with E-state index in [2.05, 4.69) is 11.8 Å². The van der Waals surface area contributed by atoms with Crippen molar-refractivity contribution in [3.63, 3.8) is 0 Å². The Kier molecular flexibility index (Phi) is 6.47. The second-order valence-electron chi connectivity index (χ2n) is 12.9. The van der Waals surface area contributed by atoms with Crippen LogP contribution < -0.4 is 0 Å². The number of fused-ring (bicyclic) bond motifs is 2. The van der Waals surface area contributed by atoms with Crippen molar-refractivity contribution in [3.05, 3.63) is 0 Å². The fraction of sp³-hybridized carbons (Fsp3) is 0.931. The first-order chi connectivity index (χ1) is 18.2. The Bertz CT molecular complexity index is 976. The molecule has 1 aliphatic heterocycles. The fourth-order valence-corrected chi connectivity index (χ4v) is 11.7. The number of carbonyl (C=O) groups excluding carboxylic acids is 2. The average molecular weight is 536 g/mol. The lowest BCUT2D eigenvalue weighted by Gasteiger charge is -2.69. The normalized spacial score (nSPS) is 52.1. The zero-order valence-electron chi connectivity index (χ0n) is 23.9. The predicted octanol–water partition coefficient (Wildman–Crippen LogP) is 2.30. The molecule has 214 valence electrons. The van der Waals surface area contributed by atoms with Gasteiger partial charge in [-0.1, -0.05) is 6.92 Å². The topological polar surface area (TPSA) is 92.8 Å². The van der Waals surface area contributed by atoms with E-state index in [9.17, 15) is 9.59 Å². The zero-order chi connectivity index (χ0) is 27.2. The largest absolute Gasteiger partial charge is 0.462 e. The molecule has 1 spiro atoms. The maximum atomic E-state index is 13.0. The lowest BCUT2D eigenvalue weighted by molar-refractivity contribution is -0.281. The second kappa shape index (κ2) is 9.13. The van der Waals surface area contributed by atoms with Crippen molar-refractivity contribution in [1.82, 2.24) is 4.90 Å². The summed E-state index contributed by atoms with van der Waals surface area (Å²) in [6.07, 6.45) is 2.70. The van der Waals surface area contributed by atoms with Crippen molar-refractivity contribution in [1.29, 1.82) is 0 Å². The maximum Gasteiger partial charge on any atom is 0.303 e. The van der Waals surface area contributed by atoms with Crippen molar-refractivity contribution >= 4 is 11.9 Å². The van der Waals surface area contributed by atoms with E-state index < -0.39 is 5.60 Å². The lowest BCUT2D eigenvalue weighted by Crippen LogP contribution is -2.77. The smallest absolute Gasteiger partial charge is 0.303 e. The molecule has 5 saturated carbocycles. The molecule has 0 aromatic rings. The maximum absolute atomic E-state index is 13.0. The first-order valence-electron chi connectivity index (χ1n) is 14.4. The van der Waals surface area contributed by atoms with Crippen LogP contribution in [-0.2, 0) is 38.0 Å². The van der Waals surface area contributed by atoms with Crippen LogP contribution in [0.2, 0.25) is 0 Å². The molecular weight excluding hydrogens is 490 g/mol. The Hall–Kier alpha value is -1.26. The van der Waals surface area contributed by atoms with Gasteiger partial charge in [-0.15, -0.1) is 0 Å². The summed E-state index contributed by atoms with van der Waals surface area (Å²) in [5, 5.41) is 0. The number of esters is 2. The van der Waals surface area contributed by atoms with Crippen molar-refractivity contribution in [2.45, 2.75) is 82.5 Å². The number of rotatable bonds is 8. The summed E-state index contributed by atoms with van der Waals surface area (Å²) in [5.41, 5.74) is -1.21. The van der Waals surface area contributed by atoms with E-state index in [1.807, 2.05) is 14.2 Å². The third kappa shape index (κ3) is 3.06. The molecule has 13 atom stereocenters. The number of likely N-dealkylation sites (tertiary alicyclic amines) is 1. The van der Waals surface area contributed by atoms with Crippen LogP contribution in [-0.4, -0.2) is 101 Å². The van der Waals surface area contributed by atoms with Crippen LogP contribution in [0.5, 0.6) is 0 Å². The fourth-order valence-electron chi connectivity index (χ4n) is 11.7. The zero-order valence-corrected chi connectivity index (χ0v) is 23.9. The van der Waals surface area contributed by atoms with E-state index in [-0.39, 0.29) is 82.8 Å². The molecule has 6 aliphatic rings. The van der Waals surface area contributed by atoms with Gasteiger partial charge < -0.3 is 28.4 Å². The molecule has 0 aromatic heterocycles. The molecular formula is C29H45NO8. The van der Waals surface area contributed by atoms with Gasteiger partial charge in [-0.2, -0.15) is 0 Å². The molecule has 1 heterocycles. The van der Waals surface area contributed by atoms with E-state index in [0.717, 1.165) is 32.4 Å². The third-order valence-corrected chi connectivity index (χ3v) is 11.9. The minimum atomic E-state index is -0.868. The molecule has 0 aromatic carbocycles. The molecule has 1 saturated heterocycles. The van der Waals surface area contributed by atoms with E-state index in [4.69, 9.17) is 28.4 Å². The van der Waals surface area contributed by atoms with Gasteiger partial charge in [0.1, 0.15) is 11.7 Å². The van der Waals surface area contributed by atoms with Crippen LogP contribution in [0.15, 0.2) is 0 Å². The van der Waals surface area contributed by atoms with Crippen LogP contribution in [0.3, 0.4) is 0 Å². The van der Waals surface area contributed by atoms with Crippen molar-refractivity contribution < 1.29 is 38.0 Å². The first-order valence-corrected chi connectivity index (χ1v) is 14.4. The SMILES string of the molecule is CCN1CC2(COC)CCC(OC)C34C5CC6C(OC)CC(OC(C)=O)(C5C6OC(C)=O)C(C(OC)C23)C14. The number of nitrogens with zero attached hydrogens (tertiary/aromatic N) is 1. The molecule has 6 fully saturated rings. The Balaban J connectivity index is 1.66. The second-order valence-corrected chi connectivity index (χ2v) is 12.9. The molecule has 7 bridgehead atoms. The van der Waals surface area contributed by atoms with Crippen LogP contribution in [0.4, 0.5) is 0 Å². The molecule has 6 rings (SSSR count). The number of hydrogen-bond donors (Lipinski definition) is 0. The van der Waals surface area contributed by atoms with E-state index in [1.54, 1.807) is 14.2 Å². The van der Waals surface area contributed by atoms with Gasteiger partial charge in [0.2, 0.25) is 0 Å². The van der Waals surface area contributed by atoms with Gasteiger partial charge in [0.25, 0.3) is 0 Å². The Morgan fingerprint density at radius 2 is 1.74 bits per heavy atom. The van der Waals surface area contributed by atoms with Crippen molar-refractivity contribution in [2.75, 3.05) is 48.1 Å². The van der Waals surface area contributed by atoms with Crippen LogP contribution in [0.25, 0.3) is 0 Å². The summed E-state index contributed by atoms with van der Waals surface area (Å²) >= 11 is 0. The third-order valence-electron chi connectivity index (χ3n) is 11.9. The van der Waals surface area contributed by atoms with Crippen LogP contribution >= 0.6 is 0 Å². The summed E-state index contributed by atoms with van der Waals surface area (Å²) in [7, 11) is 7.19. The van der Waals surface area contributed by atoms with Crippen LogP contribution in [0.1, 0.15) is 46.5 Å². The highest BCUT2D eigenvalue weighted by atomic mass is 16.6. The van der Waals surface area contributed by atoms with Gasteiger partial charge in [-0.05, 0) is 31.7 Å². The number of ether oxygens (including phenoxy) is 6. The van der Waals surface area contributed by atoms with Crippen LogP contribution in [0, 0.1) is 40.4 Å². The molecule has 0 radical (unpaired) electrons. The summed E-state index contributed by atoms with van der Waals surface area (Å²) in [4.78, 5) is 28.1. The molecule has 9 nitrogen and oxygen atoms in total. The minimum Gasteiger partial charge on any atom is -0.462 e. The summed E-state index contributed by atoms with van der Waals surface area (Å²) < 4.78 is 37.9. The molecule has 13 unspecified atom stereocenters. The Morgan fingerprint density at radius 1 is 0.974 bits per heavy atom. The van der Waals surface area contributed by atoms with Crippen molar-refractivity contribution in [2.24, 2.45) is 40.4 Å². The number of carbonyl (C=O) groups is 2. The van der Waals surface area contributed by atoms with E-state index >= 15 is 0 Å². The average Bonchev–Trinajstić information content (AvgIpc) is 3.29.